The summed E-state index contributed by atoms with van der Waals surface area (Å²) in [4.78, 5) is 20.0. The van der Waals surface area contributed by atoms with Crippen molar-refractivity contribution < 1.29 is 19.4 Å². The van der Waals surface area contributed by atoms with Crippen LogP contribution in [0.4, 0.5) is 5.00 Å². The Balaban J connectivity index is 2.04. The number of fused-ring (bicyclic) bond motifs is 1. The number of methoxy groups -OCH3 is 2. The second-order valence-electron chi connectivity index (χ2n) is 5.97. The summed E-state index contributed by atoms with van der Waals surface area (Å²) in [5.41, 5.74) is 1.92. The average Bonchev–Trinajstić information content (AvgIpc) is 2.98. The van der Waals surface area contributed by atoms with Gasteiger partial charge in [0.05, 0.1) is 19.8 Å². The van der Waals surface area contributed by atoms with Crippen LogP contribution in [0.3, 0.4) is 0 Å². The van der Waals surface area contributed by atoms with E-state index in [4.69, 9.17) is 21.1 Å². The fourth-order valence-electron chi connectivity index (χ4n) is 2.90. The van der Waals surface area contributed by atoms with Gasteiger partial charge in [0.1, 0.15) is 5.00 Å². The molecule has 138 valence electrons. The highest BCUT2D eigenvalue weighted by molar-refractivity contribution is 7.16. The van der Waals surface area contributed by atoms with E-state index >= 15 is 0 Å². The van der Waals surface area contributed by atoms with Crippen molar-refractivity contribution in [2.24, 2.45) is 4.99 Å². The molecule has 3 rings (SSSR count). The van der Waals surface area contributed by atoms with E-state index in [1.54, 1.807) is 6.07 Å². The zero-order valence-corrected chi connectivity index (χ0v) is 16.3. The van der Waals surface area contributed by atoms with E-state index < -0.39 is 5.97 Å². The number of likely N-dealkylation sites (N-methyl/N-ethyl adjacent to an activating group) is 1. The molecule has 0 saturated heterocycles. The fraction of sp³-hybridized carbons (Fsp3) is 0.333. The molecule has 26 heavy (non-hydrogen) atoms. The van der Waals surface area contributed by atoms with Gasteiger partial charge in [-0.1, -0.05) is 11.6 Å². The number of rotatable bonds is 4. The maximum absolute atomic E-state index is 12.3. The molecule has 1 aromatic heterocycles. The van der Waals surface area contributed by atoms with Crippen molar-refractivity contribution >= 4 is 40.1 Å². The number of halogens is 1. The smallest absolute Gasteiger partial charge is 0.341 e. The normalized spacial score (nSPS) is 14.5. The lowest BCUT2D eigenvalue weighted by atomic mass is 10.0. The van der Waals surface area contributed by atoms with Crippen LogP contribution in [0.5, 0.6) is 11.5 Å². The van der Waals surface area contributed by atoms with Gasteiger partial charge in [-0.25, -0.2) is 9.79 Å². The van der Waals surface area contributed by atoms with Crippen molar-refractivity contribution in [2.75, 3.05) is 27.8 Å². The summed E-state index contributed by atoms with van der Waals surface area (Å²) < 4.78 is 10.1. The van der Waals surface area contributed by atoms with Gasteiger partial charge >= 0.3 is 5.97 Å². The summed E-state index contributed by atoms with van der Waals surface area (Å²) in [6, 6.07) is 3.11. The molecule has 8 heteroatoms. The van der Waals surface area contributed by atoms with E-state index in [1.165, 1.54) is 37.8 Å². The molecular formula is C18H19ClN2O4S. The highest BCUT2D eigenvalue weighted by Gasteiger charge is 2.27. The lowest BCUT2D eigenvalue weighted by Gasteiger charge is -2.22. The number of hydrogen-bond acceptors (Lipinski definition) is 7. The van der Waals surface area contributed by atoms with Crippen molar-refractivity contribution in [3.63, 3.8) is 0 Å². The minimum atomic E-state index is -0.396. The molecule has 2 aromatic rings. The van der Waals surface area contributed by atoms with Gasteiger partial charge in [-0.05, 0) is 25.1 Å². The molecule has 0 bridgehead atoms. The van der Waals surface area contributed by atoms with E-state index in [2.05, 4.69) is 9.89 Å². The second kappa shape index (κ2) is 7.65. The maximum atomic E-state index is 12.3. The Morgan fingerprint density at radius 3 is 2.88 bits per heavy atom. The average molecular weight is 395 g/mol. The molecule has 2 heterocycles. The number of nitrogens with zero attached hydrogens (tertiary/aromatic N) is 2. The summed E-state index contributed by atoms with van der Waals surface area (Å²) in [7, 11) is 4.85. The minimum Gasteiger partial charge on any atom is -0.504 e. The molecule has 1 aliphatic rings. The van der Waals surface area contributed by atoms with Crippen molar-refractivity contribution in [1.82, 2.24) is 4.90 Å². The van der Waals surface area contributed by atoms with Crippen LogP contribution >= 0.6 is 22.9 Å². The van der Waals surface area contributed by atoms with Gasteiger partial charge in [0.2, 0.25) is 0 Å². The molecule has 0 fully saturated rings. The third kappa shape index (κ3) is 3.56. The number of aliphatic imine (C=N–C) groups is 1. The Morgan fingerprint density at radius 2 is 2.19 bits per heavy atom. The first-order valence-corrected chi connectivity index (χ1v) is 9.16. The number of carbonyl (C=O) groups excluding carboxylic acids is 1. The van der Waals surface area contributed by atoms with Gasteiger partial charge in [0.25, 0.3) is 0 Å². The predicted octanol–water partition coefficient (Wildman–Crippen LogP) is 3.64. The summed E-state index contributed by atoms with van der Waals surface area (Å²) in [6.07, 6.45) is 2.26. The van der Waals surface area contributed by atoms with Gasteiger partial charge < -0.3 is 19.5 Å². The standard InChI is InChI=1S/C18H19ClN2O4S/c1-21-5-4-12-14(9-21)26-17(15(12)18(23)25-3)20-8-10-6-11(19)7-13(24-2)16(10)22/h6-8,22H,4-5,9H2,1-3H3. The Labute approximate surface area is 160 Å². The van der Waals surface area contributed by atoms with Crippen LogP contribution in [-0.4, -0.2) is 50.0 Å². The van der Waals surface area contributed by atoms with Crippen LogP contribution in [0.15, 0.2) is 17.1 Å². The van der Waals surface area contributed by atoms with E-state index in [0.717, 1.165) is 30.0 Å². The molecule has 0 amide bonds. The molecule has 1 aliphatic heterocycles. The molecule has 0 aliphatic carbocycles. The second-order valence-corrected chi connectivity index (χ2v) is 7.49. The molecule has 0 saturated carbocycles. The third-order valence-corrected chi connectivity index (χ3v) is 5.57. The quantitative estimate of drug-likeness (QED) is 0.633. The SMILES string of the molecule is COC(=O)c1c(N=Cc2cc(Cl)cc(OC)c2O)sc2c1CCN(C)C2. The Morgan fingerprint density at radius 1 is 1.42 bits per heavy atom. The van der Waals surface area contributed by atoms with E-state index in [-0.39, 0.29) is 11.5 Å². The number of hydrogen-bond donors (Lipinski definition) is 1. The highest BCUT2D eigenvalue weighted by atomic mass is 35.5. The van der Waals surface area contributed by atoms with Crippen LogP contribution < -0.4 is 4.74 Å². The Bertz CT molecular complexity index is 879. The topological polar surface area (TPSA) is 71.4 Å². The first-order chi connectivity index (χ1) is 12.4. The third-order valence-electron chi connectivity index (χ3n) is 4.23. The zero-order chi connectivity index (χ0) is 18.8. The summed E-state index contributed by atoms with van der Waals surface area (Å²) in [6.45, 7) is 1.65. The molecule has 0 radical (unpaired) electrons. The molecule has 0 spiro atoms. The molecule has 1 N–H and O–H groups in total. The molecular weight excluding hydrogens is 376 g/mol. The van der Waals surface area contributed by atoms with Crippen LogP contribution in [0.25, 0.3) is 0 Å². The number of benzene rings is 1. The Hall–Kier alpha value is -2.09. The van der Waals surface area contributed by atoms with Crippen molar-refractivity contribution in [3.8, 4) is 11.5 Å². The number of carbonyl (C=O) groups is 1. The number of phenols is 1. The van der Waals surface area contributed by atoms with Crippen LogP contribution in [-0.2, 0) is 17.7 Å². The van der Waals surface area contributed by atoms with Gasteiger partial charge in [0.15, 0.2) is 11.5 Å². The molecule has 0 unspecified atom stereocenters. The Kier molecular flexibility index (Phi) is 5.50. The monoisotopic (exact) mass is 394 g/mol. The van der Waals surface area contributed by atoms with Crippen molar-refractivity contribution in [1.29, 1.82) is 0 Å². The molecule has 1 aromatic carbocycles. The van der Waals surface area contributed by atoms with E-state index in [0.29, 0.717) is 21.2 Å². The molecule has 0 atom stereocenters. The summed E-state index contributed by atoms with van der Waals surface area (Å²) in [5, 5.41) is 11.2. The first kappa shape index (κ1) is 18.7. The highest BCUT2D eigenvalue weighted by Crippen LogP contribution is 2.39. The van der Waals surface area contributed by atoms with Gasteiger partial charge in [-0.3, -0.25) is 0 Å². The number of phenolic OH excluding ortho intramolecular Hbond substituents is 1. The van der Waals surface area contributed by atoms with Gasteiger partial charge in [0, 0.05) is 40.8 Å². The lowest BCUT2D eigenvalue weighted by molar-refractivity contribution is 0.0600. The van der Waals surface area contributed by atoms with Crippen LogP contribution in [0.1, 0.15) is 26.4 Å². The van der Waals surface area contributed by atoms with Crippen LogP contribution in [0, 0.1) is 0 Å². The van der Waals surface area contributed by atoms with E-state index in [1.807, 2.05) is 7.05 Å². The van der Waals surface area contributed by atoms with Gasteiger partial charge in [-0.2, -0.15) is 0 Å². The lowest BCUT2D eigenvalue weighted by Crippen LogP contribution is -2.26. The number of ether oxygens (including phenoxy) is 2. The largest absolute Gasteiger partial charge is 0.504 e. The minimum absolute atomic E-state index is 0.0543. The fourth-order valence-corrected chi connectivity index (χ4v) is 4.37. The van der Waals surface area contributed by atoms with Crippen molar-refractivity contribution in [2.45, 2.75) is 13.0 Å². The number of aromatic hydroxyl groups is 1. The zero-order valence-electron chi connectivity index (χ0n) is 14.7. The van der Waals surface area contributed by atoms with Gasteiger partial charge in [-0.15, -0.1) is 11.3 Å². The summed E-state index contributed by atoms with van der Waals surface area (Å²) >= 11 is 7.52. The predicted molar refractivity (Wildman–Crippen MR) is 103 cm³/mol. The summed E-state index contributed by atoms with van der Waals surface area (Å²) in [5.74, 6) is -0.187. The van der Waals surface area contributed by atoms with E-state index in [9.17, 15) is 9.90 Å². The first-order valence-electron chi connectivity index (χ1n) is 7.96. The molecule has 6 nitrogen and oxygen atoms in total. The number of esters is 1. The van der Waals surface area contributed by atoms with Crippen LogP contribution in [0.2, 0.25) is 5.02 Å². The van der Waals surface area contributed by atoms with Crippen molar-refractivity contribution in [3.05, 3.63) is 38.7 Å². The number of thiophene rings is 1. The maximum Gasteiger partial charge on any atom is 0.341 e.